The van der Waals surface area contributed by atoms with Crippen molar-refractivity contribution in [1.29, 1.82) is 0 Å². The monoisotopic (exact) mass is 561 g/mol. The molecule has 1 saturated carbocycles. The maximum absolute atomic E-state index is 13.0. The second kappa shape index (κ2) is 13.1. The maximum atomic E-state index is 13.0. The zero-order chi connectivity index (χ0) is 28.8. The summed E-state index contributed by atoms with van der Waals surface area (Å²) in [6.45, 7) is 9.53. The van der Waals surface area contributed by atoms with Gasteiger partial charge >= 0.3 is 6.01 Å². The summed E-state index contributed by atoms with van der Waals surface area (Å²) in [6.07, 6.45) is 7.77. The quantitative estimate of drug-likeness (QED) is 0.314. The van der Waals surface area contributed by atoms with Gasteiger partial charge in [-0.3, -0.25) is 9.59 Å². The average Bonchev–Trinajstić information content (AvgIpc) is 3.41. The lowest BCUT2D eigenvalue weighted by Crippen LogP contribution is -2.38. The molecule has 0 spiro atoms. The first-order valence-electron chi connectivity index (χ1n) is 14.5. The molecule has 3 aromatic rings. The van der Waals surface area contributed by atoms with E-state index in [0.29, 0.717) is 31.7 Å². The molecular weight excluding hydrogens is 522 g/mol. The van der Waals surface area contributed by atoms with Crippen LogP contribution in [0.1, 0.15) is 69.4 Å². The number of amides is 2. The second-order valence-corrected chi connectivity index (χ2v) is 11.1. The number of carbonyl (C=O) groups is 2. The summed E-state index contributed by atoms with van der Waals surface area (Å²) in [4.78, 5) is 33.9. The Morgan fingerprint density at radius 3 is 2.66 bits per heavy atom. The van der Waals surface area contributed by atoms with Crippen LogP contribution in [-0.4, -0.2) is 56.8 Å². The van der Waals surface area contributed by atoms with Gasteiger partial charge in [0.1, 0.15) is 6.10 Å². The molecule has 1 aromatic carbocycles. The fourth-order valence-electron chi connectivity index (χ4n) is 5.34. The zero-order valence-corrected chi connectivity index (χ0v) is 23.8. The van der Waals surface area contributed by atoms with E-state index >= 15 is 0 Å². The van der Waals surface area contributed by atoms with Crippen LogP contribution >= 0.6 is 0 Å². The molecule has 0 unspecified atom stereocenters. The smallest absolute Gasteiger partial charge is 0.322 e. The van der Waals surface area contributed by atoms with Crippen molar-refractivity contribution in [3.05, 3.63) is 54.2 Å². The van der Waals surface area contributed by atoms with Gasteiger partial charge in [0.15, 0.2) is 5.65 Å². The molecule has 5 rings (SSSR count). The van der Waals surface area contributed by atoms with Crippen molar-refractivity contribution in [2.45, 2.75) is 77.0 Å². The van der Waals surface area contributed by atoms with Gasteiger partial charge in [-0.15, -0.1) is 0 Å². The number of nitrogens with one attached hydrogen (secondary N) is 3. The molecule has 1 aliphatic carbocycles. The second-order valence-electron chi connectivity index (χ2n) is 11.1. The van der Waals surface area contributed by atoms with Crippen molar-refractivity contribution in [1.82, 2.24) is 24.9 Å². The summed E-state index contributed by atoms with van der Waals surface area (Å²) in [5.41, 5.74) is 3.47. The van der Waals surface area contributed by atoms with Gasteiger partial charge in [-0.2, -0.15) is 19.6 Å². The first kappa shape index (κ1) is 28.5. The van der Waals surface area contributed by atoms with Gasteiger partial charge in [0.2, 0.25) is 17.8 Å². The number of aromatic nitrogens is 4. The fraction of sp³-hybridized carbons (Fsp3) is 0.500. The van der Waals surface area contributed by atoms with Gasteiger partial charge in [-0.25, -0.2) is 0 Å². The molecule has 0 radical (unpaired) electrons. The van der Waals surface area contributed by atoms with Crippen LogP contribution in [0.15, 0.2) is 43.1 Å². The molecule has 3 N–H and O–H groups in total. The molecule has 2 amide bonds. The Balaban J connectivity index is 1.24. The van der Waals surface area contributed by atoms with Gasteiger partial charge in [0, 0.05) is 42.6 Å². The minimum atomic E-state index is -0.165. The number of ether oxygens (including phenoxy) is 2. The lowest BCUT2D eigenvalue weighted by atomic mass is 9.85. The van der Waals surface area contributed by atoms with Crippen molar-refractivity contribution in [3.63, 3.8) is 0 Å². The summed E-state index contributed by atoms with van der Waals surface area (Å²) in [6, 6.07) is 8.20. The van der Waals surface area contributed by atoms with E-state index in [1.54, 1.807) is 4.52 Å². The van der Waals surface area contributed by atoms with Crippen molar-refractivity contribution in [2.24, 2.45) is 5.92 Å². The standard InChI is InChI=1S/C30H39N7O4/c1-4-26(38)33-22-10-8-21(9-11-22)28(39)34-23-7-5-6-20(16-23)17-31-29-36-30(41-24-12-14-40-15-13-24)35-27-25(19(2)3)18-32-37(27)29/h4-7,16,18-19,21-22,24H,1,8-15,17H2,2-3H3,(H,33,38)(H,34,39)(H,31,35,36). The number of hydrogen-bond donors (Lipinski definition) is 3. The van der Waals surface area contributed by atoms with Crippen LogP contribution < -0.4 is 20.7 Å². The third-order valence-corrected chi connectivity index (χ3v) is 7.71. The topological polar surface area (TPSA) is 132 Å². The fourth-order valence-corrected chi connectivity index (χ4v) is 5.34. The number of fused-ring (bicyclic) bond motifs is 1. The van der Waals surface area contributed by atoms with E-state index in [0.717, 1.165) is 61.0 Å². The first-order chi connectivity index (χ1) is 19.9. The van der Waals surface area contributed by atoms with E-state index < -0.39 is 0 Å². The summed E-state index contributed by atoms with van der Waals surface area (Å²) in [7, 11) is 0. The van der Waals surface area contributed by atoms with Crippen LogP contribution in [0, 0.1) is 5.92 Å². The van der Waals surface area contributed by atoms with Gasteiger partial charge in [0.05, 0.1) is 19.4 Å². The Morgan fingerprint density at radius 1 is 1.15 bits per heavy atom. The molecule has 2 fully saturated rings. The largest absolute Gasteiger partial charge is 0.460 e. The first-order valence-corrected chi connectivity index (χ1v) is 14.5. The number of benzene rings is 1. The third-order valence-electron chi connectivity index (χ3n) is 7.71. The predicted octanol–water partition coefficient (Wildman–Crippen LogP) is 4.22. The molecule has 2 aromatic heterocycles. The minimum absolute atomic E-state index is 0.00812. The Labute approximate surface area is 240 Å². The highest BCUT2D eigenvalue weighted by Crippen LogP contribution is 2.27. The van der Waals surface area contributed by atoms with Crippen LogP contribution in [-0.2, 0) is 20.9 Å². The molecule has 0 atom stereocenters. The Kier molecular flexibility index (Phi) is 9.13. The van der Waals surface area contributed by atoms with Crippen LogP contribution in [0.25, 0.3) is 5.65 Å². The molecule has 0 bridgehead atoms. The van der Waals surface area contributed by atoms with E-state index in [2.05, 4.69) is 46.5 Å². The highest BCUT2D eigenvalue weighted by atomic mass is 16.5. The van der Waals surface area contributed by atoms with E-state index in [1.807, 2.05) is 30.5 Å². The average molecular weight is 562 g/mol. The summed E-state index contributed by atoms with van der Waals surface area (Å²) < 4.78 is 13.3. The normalized spacial score (nSPS) is 19.6. The Hall–Kier alpha value is -3.99. The van der Waals surface area contributed by atoms with Crippen LogP contribution in [0.4, 0.5) is 11.6 Å². The summed E-state index contributed by atoms with van der Waals surface area (Å²) in [5.74, 6) is 0.550. The molecule has 218 valence electrons. The molecule has 41 heavy (non-hydrogen) atoms. The number of carbonyl (C=O) groups excluding carboxylic acids is 2. The van der Waals surface area contributed by atoms with E-state index in [9.17, 15) is 9.59 Å². The van der Waals surface area contributed by atoms with Crippen LogP contribution in [0.5, 0.6) is 6.01 Å². The molecule has 1 saturated heterocycles. The maximum Gasteiger partial charge on any atom is 0.322 e. The number of rotatable bonds is 10. The molecule has 11 nitrogen and oxygen atoms in total. The van der Waals surface area contributed by atoms with Crippen LogP contribution in [0.3, 0.4) is 0 Å². The highest BCUT2D eigenvalue weighted by molar-refractivity contribution is 5.92. The minimum Gasteiger partial charge on any atom is -0.460 e. The van der Waals surface area contributed by atoms with E-state index in [-0.39, 0.29) is 35.8 Å². The van der Waals surface area contributed by atoms with Gasteiger partial charge in [-0.05, 0) is 55.4 Å². The van der Waals surface area contributed by atoms with Gasteiger partial charge < -0.3 is 25.4 Å². The van der Waals surface area contributed by atoms with Gasteiger partial charge in [-0.1, -0.05) is 32.6 Å². The van der Waals surface area contributed by atoms with Crippen LogP contribution in [0.2, 0.25) is 0 Å². The number of nitrogens with zero attached hydrogens (tertiary/aromatic N) is 4. The SMILES string of the molecule is C=CC(=O)NC1CCC(C(=O)Nc2cccc(CNc3nc(OC4CCOCC4)nc4c(C(C)C)cnn34)c2)CC1. The highest BCUT2D eigenvalue weighted by Gasteiger charge is 2.27. The molecule has 2 aliphatic rings. The molecule has 3 heterocycles. The van der Waals surface area contributed by atoms with Gasteiger partial charge in [0.25, 0.3) is 0 Å². The number of anilines is 2. The van der Waals surface area contributed by atoms with E-state index in [4.69, 9.17) is 14.5 Å². The third kappa shape index (κ3) is 7.21. The van der Waals surface area contributed by atoms with Crippen molar-refractivity contribution < 1.29 is 19.1 Å². The molecule has 1 aliphatic heterocycles. The number of hydrogen-bond acceptors (Lipinski definition) is 8. The predicted molar refractivity (Wildman–Crippen MR) is 156 cm³/mol. The van der Waals surface area contributed by atoms with Crippen molar-refractivity contribution in [2.75, 3.05) is 23.8 Å². The molecule has 11 heteroatoms. The Bertz CT molecular complexity index is 1370. The summed E-state index contributed by atoms with van der Waals surface area (Å²) >= 11 is 0. The molecular formula is C30H39N7O4. The lowest BCUT2D eigenvalue weighted by Gasteiger charge is -2.28. The lowest BCUT2D eigenvalue weighted by molar-refractivity contribution is -0.121. The van der Waals surface area contributed by atoms with Crippen molar-refractivity contribution in [3.8, 4) is 6.01 Å². The van der Waals surface area contributed by atoms with E-state index in [1.165, 1.54) is 6.08 Å². The van der Waals surface area contributed by atoms with Crippen molar-refractivity contribution >= 4 is 29.1 Å². The Morgan fingerprint density at radius 2 is 1.93 bits per heavy atom. The summed E-state index contributed by atoms with van der Waals surface area (Å²) in [5, 5.41) is 13.9. The zero-order valence-electron chi connectivity index (χ0n) is 23.8.